The zero-order valence-corrected chi connectivity index (χ0v) is 15.0. The van der Waals surface area contributed by atoms with Crippen LogP contribution >= 0.6 is 0 Å². The maximum absolute atomic E-state index is 9.15. The number of hydrogen-bond acceptors (Lipinski definition) is 1. The number of aliphatic hydroxyl groups excluding tert-OH is 1. The highest BCUT2D eigenvalue weighted by Crippen LogP contribution is 2.25. The minimum atomic E-state index is 0.213. The quantitative estimate of drug-likeness (QED) is 0.541. The van der Waals surface area contributed by atoms with E-state index in [1.807, 2.05) is 0 Å². The van der Waals surface area contributed by atoms with Gasteiger partial charge in [-0.25, -0.2) is 4.57 Å². The molecule has 4 aromatic rings. The summed E-state index contributed by atoms with van der Waals surface area (Å²) in [7, 11) is 2.07. The first-order valence-corrected chi connectivity index (χ1v) is 9.02. The predicted octanol–water partition coefficient (Wildman–Crippen LogP) is 4.17. The number of aromatic nitrogens is 2. The lowest BCUT2D eigenvalue weighted by Gasteiger charge is -2.02. The lowest BCUT2D eigenvalue weighted by molar-refractivity contribution is -0.644. The van der Waals surface area contributed by atoms with Crippen LogP contribution in [-0.4, -0.2) is 16.3 Å². The third kappa shape index (κ3) is 3.02. The van der Waals surface area contributed by atoms with Crippen molar-refractivity contribution in [2.24, 2.45) is 7.05 Å². The second-order valence-electron chi connectivity index (χ2n) is 6.60. The smallest absolute Gasteiger partial charge is 0.212 e. The van der Waals surface area contributed by atoms with Crippen molar-refractivity contribution in [3.8, 4) is 0 Å². The molecule has 4 rings (SSSR count). The van der Waals surface area contributed by atoms with E-state index in [4.69, 9.17) is 5.11 Å². The molecule has 0 unspecified atom stereocenters. The average molecular weight is 343 g/mol. The van der Waals surface area contributed by atoms with Gasteiger partial charge in [0.15, 0.2) is 6.20 Å². The molecule has 26 heavy (non-hydrogen) atoms. The Hall–Kier alpha value is -2.91. The van der Waals surface area contributed by atoms with E-state index < -0.39 is 0 Å². The fourth-order valence-corrected chi connectivity index (χ4v) is 3.55. The molecule has 2 aromatic carbocycles. The highest BCUT2D eigenvalue weighted by molar-refractivity contribution is 5.95. The summed E-state index contributed by atoms with van der Waals surface area (Å²) in [6.45, 7) is 1.04. The van der Waals surface area contributed by atoms with E-state index in [0.717, 1.165) is 13.0 Å². The van der Waals surface area contributed by atoms with Gasteiger partial charge in [-0.3, -0.25) is 0 Å². The van der Waals surface area contributed by atoms with E-state index in [-0.39, 0.29) is 6.61 Å². The molecule has 0 aliphatic heterocycles. The summed E-state index contributed by atoms with van der Waals surface area (Å²) in [5.41, 5.74) is 4.85. The third-order valence-electron chi connectivity index (χ3n) is 4.89. The van der Waals surface area contributed by atoms with Gasteiger partial charge in [-0.05, 0) is 29.7 Å². The summed E-state index contributed by atoms with van der Waals surface area (Å²) in [4.78, 5) is 0. The summed E-state index contributed by atoms with van der Waals surface area (Å²) in [5, 5.41) is 11.6. The average Bonchev–Trinajstić information content (AvgIpc) is 3.04. The van der Waals surface area contributed by atoms with E-state index in [2.05, 4.69) is 95.3 Å². The summed E-state index contributed by atoms with van der Waals surface area (Å²) < 4.78 is 4.38. The maximum Gasteiger partial charge on any atom is 0.212 e. The van der Waals surface area contributed by atoms with Crippen LogP contribution in [0.4, 0.5) is 0 Å². The molecule has 0 saturated carbocycles. The van der Waals surface area contributed by atoms with Gasteiger partial charge in [0.25, 0.3) is 0 Å². The van der Waals surface area contributed by atoms with Gasteiger partial charge in [-0.15, -0.1) is 0 Å². The van der Waals surface area contributed by atoms with E-state index in [9.17, 15) is 0 Å². The molecule has 3 heteroatoms. The topological polar surface area (TPSA) is 29.0 Å². The number of nitrogens with zero attached hydrogens (tertiary/aromatic N) is 2. The molecule has 2 aromatic heterocycles. The zero-order chi connectivity index (χ0) is 17.9. The molecule has 0 atom stereocenters. The number of aryl methyl sites for hydroxylation is 2. The highest BCUT2D eigenvalue weighted by atomic mass is 16.3. The number of aliphatic hydroxyl groups is 1. The lowest BCUT2D eigenvalue weighted by Crippen LogP contribution is -2.28. The molecule has 0 radical (unpaired) electrons. The van der Waals surface area contributed by atoms with Crippen molar-refractivity contribution in [2.45, 2.75) is 13.0 Å². The van der Waals surface area contributed by atoms with Crippen molar-refractivity contribution < 1.29 is 9.67 Å². The molecular formula is C23H23N2O+. The SMILES string of the molecule is C[n+]1ccc(C=Cc2cn(CCCO)c3ccccc23)c2ccccc21. The second kappa shape index (κ2) is 7.14. The Morgan fingerprint density at radius 1 is 0.923 bits per heavy atom. The van der Waals surface area contributed by atoms with Crippen LogP contribution in [0, 0.1) is 0 Å². The van der Waals surface area contributed by atoms with Gasteiger partial charge in [-0.2, -0.15) is 0 Å². The summed E-state index contributed by atoms with van der Waals surface area (Å²) in [5.74, 6) is 0. The highest BCUT2D eigenvalue weighted by Gasteiger charge is 2.08. The van der Waals surface area contributed by atoms with Crippen LogP contribution in [-0.2, 0) is 13.6 Å². The number of fused-ring (bicyclic) bond motifs is 2. The van der Waals surface area contributed by atoms with Crippen molar-refractivity contribution in [3.05, 3.63) is 78.1 Å². The first-order chi connectivity index (χ1) is 12.8. The maximum atomic E-state index is 9.15. The second-order valence-corrected chi connectivity index (χ2v) is 6.60. The molecule has 3 nitrogen and oxygen atoms in total. The van der Waals surface area contributed by atoms with E-state index in [1.165, 1.54) is 32.9 Å². The molecule has 0 spiro atoms. The molecule has 2 heterocycles. The number of para-hydroxylation sites is 2. The Kier molecular flexibility index (Phi) is 4.55. The van der Waals surface area contributed by atoms with Crippen molar-refractivity contribution in [1.82, 2.24) is 4.57 Å². The molecule has 0 bridgehead atoms. The molecular weight excluding hydrogens is 320 g/mol. The summed E-state index contributed by atoms with van der Waals surface area (Å²) >= 11 is 0. The standard InChI is InChI=1S/C23H23N2O/c1-24-15-13-18(20-7-2-4-9-22(20)24)11-12-19-17-25(14-6-16-26)23-10-5-3-8-21(19)23/h2-5,7-13,15,17,26H,6,14,16H2,1H3/q+1. The minimum Gasteiger partial charge on any atom is -0.396 e. The van der Waals surface area contributed by atoms with Crippen LogP contribution in [0.2, 0.25) is 0 Å². The van der Waals surface area contributed by atoms with Crippen molar-refractivity contribution in [3.63, 3.8) is 0 Å². The fraction of sp³-hybridized carbons (Fsp3) is 0.174. The number of rotatable bonds is 5. The number of benzene rings is 2. The fourth-order valence-electron chi connectivity index (χ4n) is 3.55. The first kappa shape index (κ1) is 16.6. The summed E-state index contributed by atoms with van der Waals surface area (Å²) in [6, 6.07) is 19.1. The Balaban J connectivity index is 1.77. The van der Waals surface area contributed by atoms with Crippen LogP contribution < -0.4 is 4.57 Å². The van der Waals surface area contributed by atoms with Gasteiger partial charge < -0.3 is 9.67 Å². The normalized spacial score (nSPS) is 11.8. The van der Waals surface area contributed by atoms with Gasteiger partial charge in [0, 0.05) is 42.4 Å². The molecule has 0 aliphatic rings. The molecule has 130 valence electrons. The van der Waals surface area contributed by atoms with Crippen LogP contribution in [0.3, 0.4) is 0 Å². The monoisotopic (exact) mass is 343 g/mol. The van der Waals surface area contributed by atoms with Gasteiger partial charge in [0.1, 0.15) is 7.05 Å². The molecule has 0 fully saturated rings. The van der Waals surface area contributed by atoms with Crippen molar-refractivity contribution >= 4 is 34.0 Å². The van der Waals surface area contributed by atoms with Crippen LogP contribution in [0.5, 0.6) is 0 Å². The van der Waals surface area contributed by atoms with Crippen LogP contribution in [0.1, 0.15) is 17.5 Å². The zero-order valence-electron chi connectivity index (χ0n) is 15.0. The lowest BCUT2D eigenvalue weighted by atomic mass is 10.1. The predicted molar refractivity (Wildman–Crippen MR) is 108 cm³/mol. The Morgan fingerprint density at radius 3 is 2.50 bits per heavy atom. The third-order valence-corrected chi connectivity index (χ3v) is 4.89. The molecule has 0 aliphatic carbocycles. The molecule has 0 saturated heterocycles. The van der Waals surface area contributed by atoms with E-state index >= 15 is 0 Å². The van der Waals surface area contributed by atoms with Crippen LogP contribution in [0.25, 0.3) is 34.0 Å². The van der Waals surface area contributed by atoms with Gasteiger partial charge in [0.2, 0.25) is 5.52 Å². The van der Waals surface area contributed by atoms with Gasteiger partial charge in [0.05, 0.1) is 5.39 Å². The Labute approximate surface area is 153 Å². The van der Waals surface area contributed by atoms with Crippen LogP contribution in [0.15, 0.2) is 67.0 Å². The Bertz CT molecular complexity index is 1090. The molecule has 0 amide bonds. The molecule has 1 N–H and O–H groups in total. The largest absolute Gasteiger partial charge is 0.396 e. The van der Waals surface area contributed by atoms with E-state index in [1.54, 1.807) is 0 Å². The first-order valence-electron chi connectivity index (χ1n) is 9.02. The number of pyridine rings is 1. The minimum absolute atomic E-state index is 0.213. The number of hydrogen-bond donors (Lipinski definition) is 1. The van der Waals surface area contributed by atoms with E-state index in [0.29, 0.717) is 0 Å². The van der Waals surface area contributed by atoms with Crippen molar-refractivity contribution in [1.29, 1.82) is 0 Å². The van der Waals surface area contributed by atoms with Crippen molar-refractivity contribution in [2.75, 3.05) is 6.61 Å². The Morgan fingerprint density at radius 2 is 1.65 bits per heavy atom. The van der Waals surface area contributed by atoms with Gasteiger partial charge >= 0.3 is 0 Å². The van der Waals surface area contributed by atoms with Gasteiger partial charge in [-0.1, -0.05) is 42.5 Å². The summed E-state index contributed by atoms with van der Waals surface area (Å²) in [6.07, 6.45) is 9.44.